The van der Waals surface area contributed by atoms with Crippen molar-refractivity contribution < 1.29 is 33.4 Å². The van der Waals surface area contributed by atoms with Crippen LogP contribution in [0.25, 0.3) is 0 Å². The van der Waals surface area contributed by atoms with Crippen LogP contribution in [0.2, 0.25) is 0 Å². The molecule has 1 saturated heterocycles. The first kappa shape index (κ1) is 22.0. The lowest BCUT2D eigenvalue weighted by molar-refractivity contribution is -0.156. The van der Waals surface area contributed by atoms with Crippen molar-refractivity contribution in [2.75, 3.05) is 0 Å². The number of rotatable bonds is 8. The van der Waals surface area contributed by atoms with Crippen molar-refractivity contribution in [2.45, 2.75) is 71.5 Å². The van der Waals surface area contributed by atoms with E-state index in [0.717, 1.165) is 12.8 Å². The molecule has 30 heavy (non-hydrogen) atoms. The molecule has 2 heterocycles. The van der Waals surface area contributed by atoms with Crippen molar-refractivity contribution >= 4 is 23.5 Å². The third-order valence-corrected chi connectivity index (χ3v) is 5.82. The summed E-state index contributed by atoms with van der Waals surface area (Å²) in [4.78, 5) is 49.5. The van der Waals surface area contributed by atoms with E-state index in [1.807, 2.05) is 6.92 Å². The van der Waals surface area contributed by atoms with E-state index in [9.17, 15) is 19.2 Å². The predicted octanol–water partition coefficient (Wildman–Crippen LogP) is 3.33. The average molecular weight is 416 g/mol. The first-order valence-electron chi connectivity index (χ1n) is 10.4. The van der Waals surface area contributed by atoms with Crippen LogP contribution in [0.5, 0.6) is 0 Å². The van der Waals surface area contributed by atoms with Crippen molar-refractivity contribution in [1.29, 1.82) is 0 Å². The highest BCUT2D eigenvalue weighted by Gasteiger charge is 2.62. The molecule has 3 aliphatic rings. The van der Waals surface area contributed by atoms with Gasteiger partial charge >= 0.3 is 11.9 Å². The smallest absolute Gasteiger partial charge is 0.318 e. The minimum atomic E-state index is -1.41. The number of unbranched alkanes of at least 4 members (excludes halogenated alkanes) is 2. The minimum Gasteiger partial charge on any atom is -0.469 e. The first-order valence-corrected chi connectivity index (χ1v) is 10.4. The molecule has 0 saturated carbocycles. The first-order chi connectivity index (χ1) is 14.2. The lowest BCUT2D eigenvalue weighted by atomic mass is 9.67. The molecule has 7 nitrogen and oxygen atoms in total. The van der Waals surface area contributed by atoms with Gasteiger partial charge in [0.05, 0.1) is 12.2 Å². The predicted molar refractivity (Wildman–Crippen MR) is 107 cm³/mol. The minimum absolute atomic E-state index is 0.199. The molecule has 3 rings (SSSR count). The Hall–Kier alpha value is -2.70. The van der Waals surface area contributed by atoms with E-state index in [-0.39, 0.29) is 24.0 Å². The van der Waals surface area contributed by atoms with Crippen molar-refractivity contribution in [1.82, 2.24) is 0 Å². The molecule has 1 aliphatic carbocycles. The normalized spacial score (nSPS) is 28.2. The van der Waals surface area contributed by atoms with Gasteiger partial charge in [0, 0.05) is 25.3 Å². The van der Waals surface area contributed by atoms with Crippen LogP contribution in [0.4, 0.5) is 0 Å². The Balaban J connectivity index is 1.86. The van der Waals surface area contributed by atoms with E-state index in [2.05, 4.69) is 0 Å². The van der Waals surface area contributed by atoms with Gasteiger partial charge in [-0.2, -0.15) is 0 Å². The molecule has 0 aromatic heterocycles. The van der Waals surface area contributed by atoms with Crippen LogP contribution >= 0.6 is 0 Å². The van der Waals surface area contributed by atoms with Crippen molar-refractivity contribution in [3.8, 4) is 0 Å². The molecule has 0 aromatic carbocycles. The summed E-state index contributed by atoms with van der Waals surface area (Å²) < 4.78 is 16.3. The topological polar surface area (TPSA) is 96.0 Å². The number of ketones is 2. The van der Waals surface area contributed by atoms with Crippen molar-refractivity contribution in [2.24, 2.45) is 11.8 Å². The summed E-state index contributed by atoms with van der Waals surface area (Å²) in [5.41, 5.74) is -0.193. The third-order valence-electron chi connectivity index (χ3n) is 5.82. The third kappa shape index (κ3) is 4.11. The van der Waals surface area contributed by atoms with E-state index >= 15 is 0 Å². The number of carbonyl (C=O) groups is 4. The molecule has 0 aromatic rings. The Labute approximate surface area is 176 Å². The molecule has 0 spiro atoms. The molecule has 2 aliphatic heterocycles. The van der Waals surface area contributed by atoms with E-state index < -0.39 is 29.5 Å². The zero-order valence-electron chi connectivity index (χ0n) is 17.9. The summed E-state index contributed by atoms with van der Waals surface area (Å²) in [6.45, 7) is 6.69. The van der Waals surface area contributed by atoms with E-state index in [0.29, 0.717) is 29.7 Å². The largest absolute Gasteiger partial charge is 0.469 e. The zero-order valence-corrected chi connectivity index (χ0v) is 17.9. The van der Waals surface area contributed by atoms with Gasteiger partial charge in [0.15, 0.2) is 11.4 Å². The highest BCUT2D eigenvalue weighted by Crippen LogP contribution is 2.50. The maximum absolute atomic E-state index is 12.9. The Morgan fingerprint density at radius 3 is 2.63 bits per heavy atom. The standard InChI is InChI=1S/C23H28O7/c1-5-6-7-8-18(25)20-21-17-12-28-16(9-13(2)29-14(3)24)10-15(17)11-19(26)23(21,4)30-22(20)27/h10-13,20-21H,5-9H2,1-4H3. The van der Waals surface area contributed by atoms with Crippen LogP contribution in [0.15, 0.2) is 35.3 Å². The fraction of sp³-hybridized carbons (Fsp3) is 0.565. The van der Waals surface area contributed by atoms with E-state index in [1.165, 1.54) is 19.3 Å². The zero-order chi connectivity index (χ0) is 22.1. The van der Waals surface area contributed by atoms with Crippen molar-refractivity contribution in [3.05, 3.63) is 35.3 Å². The second-order valence-electron chi connectivity index (χ2n) is 8.30. The maximum atomic E-state index is 12.9. The Morgan fingerprint density at radius 1 is 1.23 bits per heavy atom. The summed E-state index contributed by atoms with van der Waals surface area (Å²) in [6, 6.07) is 0. The number of fused-ring (bicyclic) bond motifs is 3. The van der Waals surface area contributed by atoms with Gasteiger partial charge in [0.1, 0.15) is 23.6 Å². The molecule has 0 radical (unpaired) electrons. The lowest BCUT2D eigenvalue weighted by Crippen LogP contribution is -2.46. The van der Waals surface area contributed by atoms with Gasteiger partial charge in [-0.1, -0.05) is 19.8 Å². The molecule has 7 heteroatoms. The van der Waals surface area contributed by atoms with Gasteiger partial charge in [0.25, 0.3) is 0 Å². The summed E-state index contributed by atoms with van der Waals surface area (Å²) in [7, 11) is 0. The Kier molecular flexibility index (Phi) is 6.29. The quantitative estimate of drug-likeness (QED) is 0.340. The molecular formula is C23H28O7. The monoisotopic (exact) mass is 416 g/mol. The van der Waals surface area contributed by atoms with Crippen LogP contribution in [0, 0.1) is 11.8 Å². The summed E-state index contributed by atoms with van der Waals surface area (Å²) in [5, 5.41) is 0. The summed E-state index contributed by atoms with van der Waals surface area (Å²) in [6.07, 6.45) is 7.42. The molecule has 1 fully saturated rings. The van der Waals surface area contributed by atoms with Gasteiger partial charge in [-0.3, -0.25) is 19.2 Å². The van der Waals surface area contributed by atoms with Gasteiger partial charge in [-0.25, -0.2) is 0 Å². The number of esters is 2. The number of hydrogen-bond acceptors (Lipinski definition) is 7. The molecule has 162 valence electrons. The number of hydrogen-bond donors (Lipinski definition) is 0. The van der Waals surface area contributed by atoms with Crippen LogP contribution in [-0.4, -0.2) is 35.2 Å². The number of carbonyl (C=O) groups excluding carboxylic acids is 4. The second-order valence-corrected chi connectivity index (χ2v) is 8.30. The number of ether oxygens (including phenoxy) is 3. The summed E-state index contributed by atoms with van der Waals surface area (Å²) in [5.74, 6) is -2.77. The molecule has 4 atom stereocenters. The van der Waals surface area contributed by atoms with Crippen LogP contribution in [0.3, 0.4) is 0 Å². The van der Waals surface area contributed by atoms with Gasteiger partial charge in [-0.05, 0) is 38.0 Å². The molecule has 0 amide bonds. The molecular weight excluding hydrogens is 388 g/mol. The fourth-order valence-corrected chi connectivity index (χ4v) is 4.37. The second kappa shape index (κ2) is 8.58. The average Bonchev–Trinajstić information content (AvgIpc) is 2.93. The van der Waals surface area contributed by atoms with Crippen LogP contribution in [0.1, 0.15) is 59.8 Å². The van der Waals surface area contributed by atoms with Crippen LogP contribution in [-0.2, 0) is 33.4 Å². The van der Waals surface area contributed by atoms with Gasteiger partial charge in [-0.15, -0.1) is 0 Å². The van der Waals surface area contributed by atoms with Gasteiger partial charge in [0.2, 0.25) is 0 Å². The molecule has 0 N–H and O–H groups in total. The highest BCUT2D eigenvalue weighted by molar-refractivity contribution is 6.09. The SMILES string of the molecule is CCCCCC(=O)C1C(=O)OC2(C)C(=O)C=C3C=C(CC(C)OC(C)=O)OC=C3C12. The fourth-order valence-electron chi connectivity index (χ4n) is 4.37. The Bertz CT molecular complexity index is 863. The lowest BCUT2D eigenvalue weighted by Gasteiger charge is -2.35. The van der Waals surface area contributed by atoms with Gasteiger partial charge < -0.3 is 14.2 Å². The maximum Gasteiger partial charge on any atom is 0.318 e. The van der Waals surface area contributed by atoms with E-state index in [1.54, 1.807) is 19.9 Å². The van der Waals surface area contributed by atoms with Crippen molar-refractivity contribution in [3.63, 3.8) is 0 Å². The summed E-state index contributed by atoms with van der Waals surface area (Å²) >= 11 is 0. The molecule has 0 bridgehead atoms. The Morgan fingerprint density at radius 2 is 1.97 bits per heavy atom. The molecule has 4 unspecified atom stereocenters. The van der Waals surface area contributed by atoms with Crippen LogP contribution < -0.4 is 0 Å². The van der Waals surface area contributed by atoms with E-state index in [4.69, 9.17) is 14.2 Å². The number of allylic oxidation sites excluding steroid dienone is 2. The highest BCUT2D eigenvalue weighted by atomic mass is 16.6. The number of Topliss-reactive ketones (excluding diaryl/α,β-unsaturated/α-hetero) is 1.